The second-order valence-electron chi connectivity index (χ2n) is 8.60. The number of hydrogen-bond acceptors (Lipinski definition) is 5. The van der Waals surface area contributed by atoms with E-state index in [0.29, 0.717) is 19.8 Å². The number of imidazole rings is 1. The van der Waals surface area contributed by atoms with E-state index in [0.717, 1.165) is 38.9 Å². The molecule has 168 valence electrons. The molecule has 0 saturated carbocycles. The molecular weight excluding hydrogens is 424 g/mol. The minimum Gasteiger partial charge on any atom is -0.374 e. The lowest BCUT2D eigenvalue weighted by Crippen LogP contribution is -2.46. The van der Waals surface area contributed by atoms with Crippen LogP contribution in [0.1, 0.15) is 26.6 Å². The van der Waals surface area contributed by atoms with Crippen LogP contribution in [0.3, 0.4) is 0 Å². The van der Waals surface area contributed by atoms with Crippen molar-refractivity contribution in [1.82, 2.24) is 19.3 Å². The first-order chi connectivity index (χ1) is 15.2. The van der Waals surface area contributed by atoms with Crippen LogP contribution < -0.4 is 4.72 Å². The molecule has 4 aromatic rings. The van der Waals surface area contributed by atoms with Crippen LogP contribution >= 0.6 is 0 Å². The molecule has 0 aliphatic carbocycles. The summed E-state index contributed by atoms with van der Waals surface area (Å²) >= 11 is 0. The molecule has 7 nitrogen and oxygen atoms in total. The molecule has 2 heterocycles. The number of fused-ring (bicyclic) bond motifs is 3. The van der Waals surface area contributed by atoms with E-state index in [-0.39, 0.29) is 0 Å². The van der Waals surface area contributed by atoms with E-state index in [1.165, 1.54) is 6.26 Å². The van der Waals surface area contributed by atoms with Crippen molar-refractivity contribution in [3.63, 3.8) is 0 Å². The minimum atomic E-state index is -3.37. The van der Waals surface area contributed by atoms with Crippen LogP contribution in [-0.4, -0.2) is 41.4 Å². The number of benzene rings is 2. The monoisotopic (exact) mass is 452 g/mol. The Bertz CT molecular complexity index is 1360. The number of pyridine rings is 1. The van der Waals surface area contributed by atoms with Gasteiger partial charge >= 0.3 is 0 Å². The highest BCUT2D eigenvalue weighted by Gasteiger charge is 2.26. The standard InChI is InChI=1S/C24H28N4O3S/c1-5-31-15-22-26-21-14-25-20-13-18(17-9-7-6-8-10-17)11-12-19(20)23(21)28(22)16-24(2,3)27-32(4,29)30/h6-14,27H,5,15-16H2,1-4H3. The molecule has 0 aliphatic rings. The molecule has 0 spiro atoms. The molecule has 4 rings (SSSR count). The van der Waals surface area contributed by atoms with Crippen molar-refractivity contribution in [2.75, 3.05) is 12.9 Å². The van der Waals surface area contributed by atoms with Crippen LogP contribution in [0.5, 0.6) is 0 Å². The normalized spacial score (nSPS) is 12.6. The van der Waals surface area contributed by atoms with Crippen LogP contribution in [0.4, 0.5) is 0 Å². The molecule has 0 unspecified atom stereocenters. The molecule has 1 N–H and O–H groups in total. The Kier molecular flexibility index (Phi) is 6.03. The first-order valence-corrected chi connectivity index (χ1v) is 12.5. The van der Waals surface area contributed by atoms with Crippen LogP contribution in [0.25, 0.3) is 33.1 Å². The lowest BCUT2D eigenvalue weighted by atomic mass is 10.0. The highest BCUT2D eigenvalue weighted by Crippen LogP contribution is 2.30. The summed E-state index contributed by atoms with van der Waals surface area (Å²) in [5, 5.41) is 0.965. The summed E-state index contributed by atoms with van der Waals surface area (Å²) in [4.78, 5) is 9.42. The predicted octanol–water partition coefficient (Wildman–Crippen LogP) is 4.12. The smallest absolute Gasteiger partial charge is 0.209 e. The third-order valence-corrected chi connectivity index (χ3v) is 6.13. The zero-order chi connectivity index (χ0) is 22.9. The lowest BCUT2D eigenvalue weighted by Gasteiger charge is -2.27. The second-order valence-corrected chi connectivity index (χ2v) is 10.3. The fraction of sp³-hybridized carbons (Fsp3) is 0.333. The van der Waals surface area contributed by atoms with Gasteiger partial charge in [-0.2, -0.15) is 0 Å². The Hall–Kier alpha value is -2.81. The highest BCUT2D eigenvalue weighted by atomic mass is 32.2. The zero-order valence-electron chi connectivity index (χ0n) is 18.8. The van der Waals surface area contributed by atoms with E-state index in [1.807, 2.05) is 39.0 Å². The van der Waals surface area contributed by atoms with Crippen LogP contribution in [-0.2, 0) is 27.9 Å². The number of hydrogen-bond donors (Lipinski definition) is 1. The molecule has 0 amide bonds. The minimum absolute atomic E-state index is 0.337. The van der Waals surface area contributed by atoms with Crippen molar-refractivity contribution < 1.29 is 13.2 Å². The van der Waals surface area contributed by atoms with Crippen molar-refractivity contribution in [2.24, 2.45) is 0 Å². The van der Waals surface area contributed by atoms with Crippen molar-refractivity contribution in [3.05, 3.63) is 60.6 Å². The van der Waals surface area contributed by atoms with E-state index in [9.17, 15) is 8.42 Å². The number of aromatic nitrogens is 3. The number of nitrogens with zero attached hydrogens (tertiary/aromatic N) is 3. The fourth-order valence-electron chi connectivity index (χ4n) is 4.08. The van der Waals surface area contributed by atoms with Crippen LogP contribution in [0, 0.1) is 0 Å². The topological polar surface area (TPSA) is 86.1 Å². The lowest BCUT2D eigenvalue weighted by molar-refractivity contribution is 0.125. The molecule has 0 aliphatic heterocycles. The predicted molar refractivity (Wildman–Crippen MR) is 128 cm³/mol. The molecule has 2 aromatic heterocycles. The highest BCUT2D eigenvalue weighted by molar-refractivity contribution is 7.88. The molecule has 0 atom stereocenters. The van der Waals surface area contributed by atoms with Gasteiger partial charge < -0.3 is 9.30 Å². The molecule has 0 radical (unpaired) electrons. The summed E-state index contributed by atoms with van der Waals surface area (Å²) in [5.41, 5.74) is 4.03. The molecule has 0 saturated heterocycles. The van der Waals surface area contributed by atoms with Gasteiger partial charge in [-0.1, -0.05) is 42.5 Å². The van der Waals surface area contributed by atoms with Crippen molar-refractivity contribution in [2.45, 2.75) is 39.5 Å². The summed E-state index contributed by atoms with van der Waals surface area (Å²) in [5.74, 6) is 0.742. The SMILES string of the molecule is CCOCc1nc2cnc3cc(-c4ccccc4)ccc3c2n1CC(C)(C)NS(C)(=O)=O. The quantitative estimate of drug-likeness (QED) is 0.435. The van der Waals surface area contributed by atoms with Gasteiger partial charge in [-0.25, -0.2) is 18.1 Å². The van der Waals surface area contributed by atoms with Gasteiger partial charge in [0, 0.05) is 24.1 Å². The average Bonchev–Trinajstić information content (AvgIpc) is 3.07. The first kappa shape index (κ1) is 22.4. The van der Waals surface area contributed by atoms with E-state index in [1.54, 1.807) is 6.20 Å². The number of nitrogens with one attached hydrogen (secondary N) is 1. The number of ether oxygens (including phenoxy) is 1. The Balaban J connectivity index is 1.87. The largest absolute Gasteiger partial charge is 0.374 e. The molecular formula is C24H28N4O3S. The van der Waals surface area contributed by atoms with Crippen LogP contribution in [0.2, 0.25) is 0 Å². The Morgan fingerprint density at radius 3 is 2.50 bits per heavy atom. The maximum Gasteiger partial charge on any atom is 0.209 e. The average molecular weight is 453 g/mol. The zero-order valence-corrected chi connectivity index (χ0v) is 19.6. The van der Waals surface area contributed by atoms with Crippen molar-refractivity contribution >= 4 is 32.0 Å². The van der Waals surface area contributed by atoms with E-state index in [2.05, 4.69) is 44.6 Å². The Morgan fingerprint density at radius 2 is 1.81 bits per heavy atom. The molecule has 8 heteroatoms. The molecule has 0 fully saturated rings. The fourth-order valence-corrected chi connectivity index (χ4v) is 5.14. The summed E-state index contributed by atoms with van der Waals surface area (Å²) in [6, 6.07) is 16.4. The van der Waals surface area contributed by atoms with E-state index < -0.39 is 15.6 Å². The van der Waals surface area contributed by atoms with Gasteiger partial charge in [-0.15, -0.1) is 0 Å². The summed E-state index contributed by atoms with van der Waals surface area (Å²) in [6.45, 7) is 6.96. The molecule has 32 heavy (non-hydrogen) atoms. The summed E-state index contributed by atoms with van der Waals surface area (Å²) in [6.07, 6.45) is 2.95. The summed E-state index contributed by atoms with van der Waals surface area (Å²) < 4.78 is 34.2. The third kappa shape index (κ3) is 4.82. The second kappa shape index (κ2) is 8.61. The van der Waals surface area contributed by atoms with Gasteiger partial charge in [0.25, 0.3) is 0 Å². The van der Waals surface area contributed by atoms with Gasteiger partial charge in [0.1, 0.15) is 17.9 Å². The van der Waals surface area contributed by atoms with Crippen molar-refractivity contribution in [1.29, 1.82) is 0 Å². The van der Waals surface area contributed by atoms with Crippen LogP contribution in [0.15, 0.2) is 54.7 Å². The molecule has 2 aromatic carbocycles. The van der Waals surface area contributed by atoms with Crippen molar-refractivity contribution in [3.8, 4) is 11.1 Å². The van der Waals surface area contributed by atoms with Gasteiger partial charge in [0.15, 0.2) is 0 Å². The van der Waals surface area contributed by atoms with Gasteiger partial charge in [0.2, 0.25) is 10.0 Å². The number of sulfonamides is 1. The summed E-state index contributed by atoms with van der Waals surface area (Å²) in [7, 11) is -3.37. The Labute approximate surface area is 188 Å². The van der Waals surface area contributed by atoms with E-state index >= 15 is 0 Å². The maximum atomic E-state index is 11.9. The number of rotatable bonds is 8. The third-order valence-electron chi connectivity index (χ3n) is 5.21. The van der Waals surface area contributed by atoms with Gasteiger partial charge in [0.05, 0.1) is 23.5 Å². The maximum absolute atomic E-state index is 11.9. The molecule has 0 bridgehead atoms. The first-order valence-electron chi connectivity index (χ1n) is 10.6. The Morgan fingerprint density at radius 1 is 1.06 bits per heavy atom. The van der Waals surface area contributed by atoms with Gasteiger partial charge in [-0.3, -0.25) is 4.98 Å². The van der Waals surface area contributed by atoms with E-state index in [4.69, 9.17) is 9.72 Å². The van der Waals surface area contributed by atoms with Gasteiger partial charge in [-0.05, 0) is 38.0 Å².